The van der Waals surface area contributed by atoms with E-state index < -0.39 is 11.8 Å². The van der Waals surface area contributed by atoms with E-state index in [1.165, 1.54) is 18.4 Å². The second-order valence-corrected chi connectivity index (χ2v) is 3.66. The van der Waals surface area contributed by atoms with Crippen LogP contribution in [0.4, 0.5) is 0 Å². The van der Waals surface area contributed by atoms with Crippen LogP contribution in [-0.2, 0) is 4.79 Å². The molecule has 1 aromatic heterocycles. The SMILES string of the molecule is O=C(/C=C/c1ccccc1)NNC(=O)c1ccco1. The summed E-state index contributed by atoms with van der Waals surface area (Å²) in [4.78, 5) is 22.9. The minimum absolute atomic E-state index is 0.132. The zero-order valence-corrected chi connectivity index (χ0v) is 10.00. The molecule has 0 unspecified atom stereocenters. The zero-order valence-electron chi connectivity index (χ0n) is 10.00. The van der Waals surface area contributed by atoms with Gasteiger partial charge in [0.05, 0.1) is 6.26 Å². The van der Waals surface area contributed by atoms with E-state index in [0.29, 0.717) is 0 Å². The Morgan fingerprint density at radius 2 is 1.79 bits per heavy atom. The van der Waals surface area contributed by atoms with Crippen LogP contribution in [0.15, 0.2) is 59.2 Å². The van der Waals surface area contributed by atoms with Crippen molar-refractivity contribution in [2.45, 2.75) is 0 Å². The van der Waals surface area contributed by atoms with Gasteiger partial charge in [0.2, 0.25) is 0 Å². The fraction of sp³-hybridized carbons (Fsp3) is 0. The van der Waals surface area contributed by atoms with Crippen LogP contribution in [0.2, 0.25) is 0 Å². The molecule has 0 bridgehead atoms. The third kappa shape index (κ3) is 3.85. The highest BCUT2D eigenvalue weighted by atomic mass is 16.3. The van der Waals surface area contributed by atoms with Crippen LogP contribution in [0, 0.1) is 0 Å². The number of carbonyl (C=O) groups excluding carboxylic acids is 2. The molecule has 0 spiro atoms. The largest absolute Gasteiger partial charge is 0.459 e. The Hall–Kier alpha value is -2.82. The van der Waals surface area contributed by atoms with Crippen LogP contribution in [0.25, 0.3) is 6.08 Å². The zero-order chi connectivity index (χ0) is 13.5. The van der Waals surface area contributed by atoms with Gasteiger partial charge in [0.15, 0.2) is 5.76 Å². The van der Waals surface area contributed by atoms with E-state index in [2.05, 4.69) is 10.9 Å². The van der Waals surface area contributed by atoms with Crippen molar-refractivity contribution in [2.24, 2.45) is 0 Å². The first-order valence-corrected chi connectivity index (χ1v) is 5.62. The van der Waals surface area contributed by atoms with Gasteiger partial charge in [-0.2, -0.15) is 0 Å². The number of nitrogens with one attached hydrogen (secondary N) is 2. The van der Waals surface area contributed by atoms with Crippen molar-refractivity contribution in [2.75, 3.05) is 0 Å². The van der Waals surface area contributed by atoms with Gasteiger partial charge in [0.1, 0.15) is 0 Å². The second-order valence-electron chi connectivity index (χ2n) is 3.66. The molecular weight excluding hydrogens is 244 g/mol. The van der Waals surface area contributed by atoms with E-state index in [1.54, 1.807) is 12.1 Å². The summed E-state index contributed by atoms with van der Waals surface area (Å²) < 4.78 is 4.88. The van der Waals surface area contributed by atoms with E-state index in [-0.39, 0.29) is 5.76 Å². The van der Waals surface area contributed by atoms with Crippen LogP contribution in [0.3, 0.4) is 0 Å². The quantitative estimate of drug-likeness (QED) is 0.649. The molecule has 96 valence electrons. The van der Waals surface area contributed by atoms with Gasteiger partial charge in [-0.05, 0) is 23.8 Å². The summed E-state index contributed by atoms with van der Waals surface area (Å²) in [6, 6.07) is 12.5. The first-order chi connectivity index (χ1) is 9.25. The second kappa shape index (κ2) is 6.20. The molecule has 1 aromatic carbocycles. The van der Waals surface area contributed by atoms with E-state index in [9.17, 15) is 9.59 Å². The average molecular weight is 256 g/mol. The summed E-state index contributed by atoms with van der Waals surface area (Å²) in [5.41, 5.74) is 5.39. The van der Waals surface area contributed by atoms with Crippen molar-refractivity contribution in [3.8, 4) is 0 Å². The van der Waals surface area contributed by atoms with Crippen LogP contribution in [0.1, 0.15) is 16.1 Å². The van der Waals surface area contributed by atoms with E-state index >= 15 is 0 Å². The number of rotatable bonds is 3. The summed E-state index contributed by atoms with van der Waals surface area (Å²) in [6.45, 7) is 0. The Balaban J connectivity index is 1.82. The molecule has 1 heterocycles. The van der Waals surface area contributed by atoms with Crippen molar-refractivity contribution in [3.05, 3.63) is 66.1 Å². The number of amides is 2. The van der Waals surface area contributed by atoms with Crippen LogP contribution < -0.4 is 10.9 Å². The fourth-order valence-corrected chi connectivity index (χ4v) is 1.37. The molecule has 0 aliphatic rings. The highest BCUT2D eigenvalue weighted by Gasteiger charge is 2.07. The van der Waals surface area contributed by atoms with Crippen molar-refractivity contribution in [1.29, 1.82) is 0 Å². The molecule has 0 aliphatic heterocycles. The minimum Gasteiger partial charge on any atom is -0.459 e. The Morgan fingerprint density at radius 3 is 2.47 bits per heavy atom. The lowest BCUT2D eigenvalue weighted by atomic mass is 10.2. The average Bonchev–Trinajstić information content (AvgIpc) is 2.98. The smallest absolute Gasteiger partial charge is 0.305 e. The number of hydrogen-bond donors (Lipinski definition) is 2. The molecule has 2 N–H and O–H groups in total. The van der Waals surface area contributed by atoms with Gasteiger partial charge in [-0.15, -0.1) is 0 Å². The van der Waals surface area contributed by atoms with Crippen LogP contribution >= 0.6 is 0 Å². The molecule has 5 nitrogen and oxygen atoms in total. The lowest BCUT2D eigenvalue weighted by Gasteiger charge is -2.02. The van der Waals surface area contributed by atoms with Gasteiger partial charge in [-0.3, -0.25) is 20.4 Å². The van der Waals surface area contributed by atoms with Gasteiger partial charge >= 0.3 is 5.91 Å². The maximum absolute atomic E-state index is 11.4. The topological polar surface area (TPSA) is 71.3 Å². The maximum Gasteiger partial charge on any atom is 0.305 e. The third-order valence-electron chi connectivity index (χ3n) is 2.27. The molecular formula is C14H12N2O3. The monoisotopic (exact) mass is 256 g/mol. The molecule has 0 fully saturated rings. The lowest BCUT2D eigenvalue weighted by molar-refractivity contribution is -0.117. The Labute approximate surface area is 109 Å². The maximum atomic E-state index is 11.4. The Bertz CT molecular complexity index is 574. The van der Waals surface area contributed by atoms with Crippen molar-refractivity contribution < 1.29 is 14.0 Å². The van der Waals surface area contributed by atoms with E-state index in [0.717, 1.165) is 5.56 Å². The molecule has 0 aliphatic carbocycles. The van der Waals surface area contributed by atoms with Gasteiger partial charge in [0, 0.05) is 6.08 Å². The first kappa shape index (κ1) is 12.6. The molecule has 0 saturated carbocycles. The molecule has 0 atom stereocenters. The summed E-state index contributed by atoms with van der Waals surface area (Å²) in [5, 5.41) is 0. The normalized spacial score (nSPS) is 10.3. The molecule has 2 amide bonds. The number of benzene rings is 1. The number of hydrogen-bond acceptors (Lipinski definition) is 3. The van der Waals surface area contributed by atoms with Gasteiger partial charge in [-0.25, -0.2) is 0 Å². The van der Waals surface area contributed by atoms with Crippen LogP contribution in [0.5, 0.6) is 0 Å². The van der Waals surface area contributed by atoms with Gasteiger partial charge in [0.25, 0.3) is 5.91 Å². The highest BCUT2D eigenvalue weighted by molar-refractivity contribution is 5.96. The van der Waals surface area contributed by atoms with Gasteiger partial charge in [-0.1, -0.05) is 30.3 Å². The number of carbonyl (C=O) groups is 2. The fourth-order valence-electron chi connectivity index (χ4n) is 1.37. The Kier molecular flexibility index (Phi) is 4.12. The summed E-state index contributed by atoms with van der Waals surface area (Å²) in [6.07, 6.45) is 4.36. The first-order valence-electron chi connectivity index (χ1n) is 5.62. The standard InChI is InChI=1S/C14H12N2O3/c17-13(9-8-11-5-2-1-3-6-11)15-16-14(18)12-7-4-10-19-12/h1-10H,(H,15,17)(H,16,18)/b9-8+. The van der Waals surface area contributed by atoms with Crippen molar-refractivity contribution in [1.82, 2.24) is 10.9 Å². The molecule has 5 heteroatoms. The van der Waals surface area contributed by atoms with E-state index in [1.807, 2.05) is 30.3 Å². The number of hydrazine groups is 1. The van der Waals surface area contributed by atoms with Crippen molar-refractivity contribution in [3.63, 3.8) is 0 Å². The highest BCUT2D eigenvalue weighted by Crippen LogP contribution is 2.00. The molecule has 0 radical (unpaired) electrons. The molecule has 19 heavy (non-hydrogen) atoms. The summed E-state index contributed by atoms with van der Waals surface area (Å²) in [7, 11) is 0. The molecule has 2 rings (SSSR count). The summed E-state index contributed by atoms with van der Waals surface area (Å²) >= 11 is 0. The number of furan rings is 1. The third-order valence-corrected chi connectivity index (χ3v) is 2.27. The molecule has 0 saturated heterocycles. The Morgan fingerprint density at radius 1 is 1.00 bits per heavy atom. The minimum atomic E-state index is -0.508. The predicted molar refractivity (Wildman–Crippen MR) is 69.8 cm³/mol. The van der Waals surface area contributed by atoms with Gasteiger partial charge < -0.3 is 4.42 Å². The van der Waals surface area contributed by atoms with E-state index in [4.69, 9.17) is 4.42 Å². The van der Waals surface area contributed by atoms with Crippen LogP contribution in [-0.4, -0.2) is 11.8 Å². The van der Waals surface area contributed by atoms with Crippen molar-refractivity contribution >= 4 is 17.9 Å². The molecule has 2 aromatic rings. The summed E-state index contributed by atoms with van der Waals surface area (Å²) in [5.74, 6) is -0.803. The lowest BCUT2D eigenvalue weighted by Crippen LogP contribution is -2.40. The predicted octanol–water partition coefficient (Wildman–Crippen LogP) is 1.75.